The Kier molecular flexibility index (Phi) is 2.12. The molecule has 1 atom stereocenters. The zero-order valence-electron chi connectivity index (χ0n) is 5.58. The van der Waals surface area contributed by atoms with Gasteiger partial charge in [-0.3, -0.25) is 4.79 Å². The van der Waals surface area contributed by atoms with Gasteiger partial charge in [0.15, 0.2) is 6.33 Å². The van der Waals surface area contributed by atoms with Crippen LogP contribution < -0.4 is 5.73 Å². The van der Waals surface area contributed by atoms with Crippen LogP contribution >= 0.6 is 0 Å². The number of rotatable bonds is 3. The molecule has 1 unspecified atom stereocenters. The van der Waals surface area contributed by atoms with Crippen molar-refractivity contribution in [3.05, 3.63) is 6.33 Å². The van der Waals surface area contributed by atoms with E-state index < -0.39 is 12.0 Å². The summed E-state index contributed by atoms with van der Waals surface area (Å²) in [6, 6.07) is -0.982. The van der Waals surface area contributed by atoms with Gasteiger partial charge < -0.3 is 10.8 Å². The summed E-state index contributed by atoms with van der Waals surface area (Å²) in [4.78, 5) is 11.3. The number of tetrazole rings is 1. The molecule has 0 fully saturated rings. The first-order valence-electron chi connectivity index (χ1n) is 2.89. The quantitative estimate of drug-likeness (QED) is 0.529. The van der Waals surface area contributed by atoms with E-state index in [-0.39, 0.29) is 6.54 Å². The average Bonchev–Trinajstić information content (AvgIpc) is 2.39. The monoisotopic (exact) mass is 157 g/mol. The van der Waals surface area contributed by atoms with Gasteiger partial charge in [-0.05, 0) is 5.21 Å². The van der Waals surface area contributed by atoms with E-state index in [1.807, 2.05) is 0 Å². The number of nitrogens with two attached hydrogens (primary N) is 1. The Hall–Kier alpha value is -1.50. The second kappa shape index (κ2) is 3.06. The Morgan fingerprint density at radius 1 is 1.82 bits per heavy atom. The molecule has 0 spiro atoms. The number of hydrogen-bond acceptors (Lipinski definition) is 5. The molecule has 0 saturated carbocycles. The number of carboxylic acid groups (broad SMARTS) is 1. The van der Waals surface area contributed by atoms with E-state index in [0.29, 0.717) is 0 Å². The summed E-state index contributed by atoms with van der Waals surface area (Å²) in [5, 5.41) is 18.8. The minimum atomic E-state index is -1.08. The third-order valence-corrected chi connectivity index (χ3v) is 1.07. The number of aromatic nitrogens is 4. The van der Waals surface area contributed by atoms with Gasteiger partial charge in [0.05, 0.1) is 6.54 Å². The van der Waals surface area contributed by atoms with Crippen LogP contribution in [0.3, 0.4) is 0 Å². The number of hydrogen-bond donors (Lipinski definition) is 2. The first-order valence-corrected chi connectivity index (χ1v) is 2.89. The van der Waals surface area contributed by atoms with Crippen molar-refractivity contribution in [2.24, 2.45) is 5.73 Å². The lowest BCUT2D eigenvalue weighted by Crippen LogP contribution is -2.35. The summed E-state index contributed by atoms with van der Waals surface area (Å²) in [6.45, 7) is 0.0370. The van der Waals surface area contributed by atoms with Crippen LogP contribution in [0.15, 0.2) is 6.33 Å². The lowest BCUT2D eigenvalue weighted by atomic mass is 10.3. The largest absolute Gasteiger partial charge is 0.480 e. The highest BCUT2D eigenvalue weighted by Gasteiger charge is 2.12. The summed E-state index contributed by atoms with van der Waals surface area (Å²) in [6.07, 6.45) is 1.22. The van der Waals surface area contributed by atoms with Gasteiger partial charge in [-0.1, -0.05) is 0 Å². The third kappa shape index (κ3) is 1.97. The fraction of sp³-hybridized carbons (Fsp3) is 0.500. The Bertz CT molecular complexity index is 233. The first kappa shape index (κ1) is 7.61. The predicted molar refractivity (Wildman–Crippen MR) is 33.4 cm³/mol. The van der Waals surface area contributed by atoms with Crippen LogP contribution in [0.5, 0.6) is 0 Å². The van der Waals surface area contributed by atoms with Crippen molar-refractivity contribution in [2.75, 3.05) is 0 Å². The van der Waals surface area contributed by atoms with E-state index in [0.717, 1.165) is 4.80 Å². The van der Waals surface area contributed by atoms with Gasteiger partial charge in [0, 0.05) is 0 Å². The van der Waals surface area contributed by atoms with E-state index in [4.69, 9.17) is 10.8 Å². The lowest BCUT2D eigenvalue weighted by Gasteiger charge is -2.02. The van der Waals surface area contributed by atoms with Gasteiger partial charge in [0.25, 0.3) is 0 Å². The maximum atomic E-state index is 10.2. The molecule has 0 radical (unpaired) electrons. The van der Waals surface area contributed by atoms with Crippen LogP contribution in [0, 0.1) is 0 Å². The van der Waals surface area contributed by atoms with Crippen molar-refractivity contribution in [3.63, 3.8) is 0 Å². The van der Waals surface area contributed by atoms with E-state index >= 15 is 0 Å². The zero-order chi connectivity index (χ0) is 8.27. The highest BCUT2D eigenvalue weighted by molar-refractivity contribution is 5.72. The lowest BCUT2D eigenvalue weighted by molar-refractivity contribution is -0.139. The standard InChI is InChI=1S/C4H7N5O2/c5-3(4(10)11)1-9-7-2-6-8-9/h2-3H,1,5H2,(H,10,11). The Labute approximate surface area is 61.8 Å². The van der Waals surface area contributed by atoms with Crippen molar-refractivity contribution in [1.82, 2.24) is 20.2 Å². The van der Waals surface area contributed by atoms with Gasteiger partial charge in [-0.25, -0.2) is 0 Å². The van der Waals surface area contributed by atoms with Gasteiger partial charge in [0.2, 0.25) is 0 Å². The van der Waals surface area contributed by atoms with Crippen molar-refractivity contribution in [1.29, 1.82) is 0 Å². The van der Waals surface area contributed by atoms with Gasteiger partial charge >= 0.3 is 5.97 Å². The first-order chi connectivity index (χ1) is 5.20. The van der Waals surface area contributed by atoms with Crippen LogP contribution in [0.4, 0.5) is 0 Å². The molecule has 1 aromatic rings. The fourth-order valence-electron chi connectivity index (χ4n) is 0.526. The van der Waals surface area contributed by atoms with Crippen molar-refractivity contribution in [2.45, 2.75) is 12.6 Å². The molecule has 0 saturated heterocycles. The molecule has 1 rings (SSSR count). The van der Waals surface area contributed by atoms with E-state index in [1.165, 1.54) is 6.33 Å². The molecule has 0 aliphatic carbocycles. The molecule has 3 N–H and O–H groups in total. The Morgan fingerprint density at radius 3 is 3.00 bits per heavy atom. The molecule has 0 amide bonds. The molecule has 0 aliphatic heterocycles. The van der Waals surface area contributed by atoms with Gasteiger partial charge in [-0.15, -0.1) is 10.2 Å². The molecule has 7 nitrogen and oxygen atoms in total. The van der Waals surface area contributed by atoms with E-state index in [1.54, 1.807) is 0 Å². The second-order valence-electron chi connectivity index (χ2n) is 1.94. The van der Waals surface area contributed by atoms with Crippen LogP contribution in [-0.2, 0) is 11.3 Å². The van der Waals surface area contributed by atoms with Crippen LogP contribution in [0.2, 0.25) is 0 Å². The normalized spacial score (nSPS) is 12.8. The summed E-state index contributed by atoms with van der Waals surface area (Å²) in [5.74, 6) is -1.08. The molecule has 1 aromatic heterocycles. The number of carboxylic acids is 1. The molecule has 0 bridgehead atoms. The molecular formula is C4H7N5O2. The molecule has 0 aromatic carbocycles. The SMILES string of the molecule is NC(Cn1ncnn1)C(=O)O. The third-order valence-electron chi connectivity index (χ3n) is 1.07. The number of carbonyl (C=O) groups is 1. The summed E-state index contributed by atoms with van der Waals surface area (Å²) < 4.78 is 0. The smallest absolute Gasteiger partial charge is 0.322 e. The van der Waals surface area contributed by atoms with E-state index in [2.05, 4.69) is 15.4 Å². The molecule has 11 heavy (non-hydrogen) atoms. The van der Waals surface area contributed by atoms with Crippen LogP contribution in [0.1, 0.15) is 0 Å². The fourth-order valence-corrected chi connectivity index (χ4v) is 0.526. The maximum absolute atomic E-state index is 10.2. The van der Waals surface area contributed by atoms with Crippen LogP contribution in [-0.4, -0.2) is 37.3 Å². The minimum Gasteiger partial charge on any atom is -0.480 e. The Morgan fingerprint density at radius 2 is 2.55 bits per heavy atom. The molecule has 7 heteroatoms. The summed E-state index contributed by atoms with van der Waals surface area (Å²) in [5.41, 5.74) is 5.18. The Balaban J connectivity index is 2.50. The molecule has 60 valence electrons. The number of aliphatic carboxylic acids is 1. The molecule has 1 heterocycles. The number of nitrogens with zero attached hydrogens (tertiary/aromatic N) is 4. The highest BCUT2D eigenvalue weighted by atomic mass is 16.4. The maximum Gasteiger partial charge on any atom is 0.322 e. The average molecular weight is 157 g/mol. The van der Waals surface area contributed by atoms with Crippen molar-refractivity contribution in [3.8, 4) is 0 Å². The summed E-state index contributed by atoms with van der Waals surface area (Å²) in [7, 11) is 0. The molecular weight excluding hydrogens is 150 g/mol. The predicted octanol–water partition coefficient (Wildman–Crippen LogP) is -1.92. The minimum absolute atomic E-state index is 0.0370. The van der Waals surface area contributed by atoms with Gasteiger partial charge in [0.1, 0.15) is 6.04 Å². The highest BCUT2D eigenvalue weighted by Crippen LogP contribution is 1.82. The van der Waals surface area contributed by atoms with E-state index in [9.17, 15) is 4.79 Å². The zero-order valence-corrected chi connectivity index (χ0v) is 5.58. The molecule has 0 aliphatic rings. The second-order valence-corrected chi connectivity index (χ2v) is 1.94. The van der Waals surface area contributed by atoms with Crippen molar-refractivity contribution < 1.29 is 9.90 Å². The van der Waals surface area contributed by atoms with Gasteiger partial charge in [-0.2, -0.15) is 4.80 Å². The summed E-state index contributed by atoms with van der Waals surface area (Å²) >= 11 is 0. The van der Waals surface area contributed by atoms with Crippen molar-refractivity contribution >= 4 is 5.97 Å². The van der Waals surface area contributed by atoms with Crippen LogP contribution in [0.25, 0.3) is 0 Å². The topological polar surface area (TPSA) is 107 Å².